The molecule has 21 heavy (non-hydrogen) atoms. The van der Waals surface area contributed by atoms with E-state index < -0.39 is 0 Å². The van der Waals surface area contributed by atoms with Crippen molar-refractivity contribution in [1.82, 2.24) is 15.0 Å². The lowest BCUT2D eigenvalue weighted by molar-refractivity contribution is 1.08. The van der Waals surface area contributed by atoms with Crippen LogP contribution in [0.25, 0.3) is 34.2 Å². The molecular formula is C15H9N3S3. The molecule has 3 nitrogen and oxygen atoms in total. The van der Waals surface area contributed by atoms with Gasteiger partial charge in [-0.15, -0.1) is 0 Å². The first-order valence-electron chi connectivity index (χ1n) is 6.24. The van der Waals surface area contributed by atoms with Gasteiger partial charge in [-0.1, -0.05) is 0 Å². The van der Waals surface area contributed by atoms with Crippen LogP contribution in [0.5, 0.6) is 0 Å². The van der Waals surface area contributed by atoms with Crippen LogP contribution in [0, 0.1) is 0 Å². The quantitative estimate of drug-likeness (QED) is 0.528. The highest BCUT2D eigenvalue weighted by Crippen LogP contribution is 2.27. The number of hydrogen-bond donors (Lipinski definition) is 0. The highest BCUT2D eigenvalue weighted by molar-refractivity contribution is 7.08. The van der Waals surface area contributed by atoms with Gasteiger partial charge in [0.1, 0.15) is 0 Å². The maximum Gasteiger partial charge on any atom is 0.164 e. The number of nitrogens with zero attached hydrogens (tertiary/aromatic N) is 3. The van der Waals surface area contributed by atoms with Crippen molar-refractivity contribution >= 4 is 34.0 Å². The second-order valence-electron chi connectivity index (χ2n) is 4.34. The lowest BCUT2D eigenvalue weighted by atomic mass is 10.2. The molecule has 4 aromatic rings. The van der Waals surface area contributed by atoms with Crippen molar-refractivity contribution in [3.63, 3.8) is 0 Å². The van der Waals surface area contributed by atoms with E-state index in [2.05, 4.69) is 31.1 Å². The first-order chi connectivity index (χ1) is 10.4. The molecule has 0 bridgehead atoms. The molecule has 0 atom stereocenters. The molecule has 4 heterocycles. The van der Waals surface area contributed by atoms with Gasteiger partial charge in [-0.3, -0.25) is 0 Å². The Kier molecular flexibility index (Phi) is 3.34. The van der Waals surface area contributed by atoms with Gasteiger partial charge in [-0.25, -0.2) is 15.0 Å². The van der Waals surface area contributed by atoms with E-state index in [0.29, 0.717) is 0 Å². The molecule has 0 fully saturated rings. The Balaban J connectivity index is 1.92. The smallest absolute Gasteiger partial charge is 0.164 e. The highest BCUT2D eigenvalue weighted by Gasteiger charge is 2.12. The van der Waals surface area contributed by atoms with Gasteiger partial charge in [0.15, 0.2) is 17.5 Å². The fourth-order valence-electron chi connectivity index (χ4n) is 1.94. The Bertz CT molecular complexity index is 707. The maximum absolute atomic E-state index is 4.62. The lowest BCUT2D eigenvalue weighted by Crippen LogP contribution is -1.98. The molecular weight excluding hydrogens is 318 g/mol. The Morgan fingerprint density at radius 1 is 0.524 bits per heavy atom. The number of hydrogen-bond acceptors (Lipinski definition) is 6. The molecule has 0 aromatic carbocycles. The van der Waals surface area contributed by atoms with Crippen LogP contribution in [0.1, 0.15) is 0 Å². The van der Waals surface area contributed by atoms with E-state index in [-0.39, 0.29) is 0 Å². The fourth-order valence-corrected chi connectivity index (χ4v) is 3.84. The molecule has 0 aliphatic carbocycles. The van der Waals surface area contributed by atoms with E-state index in [1.807, 2.05) is 34.3 Å². The van der Waals surface area contributed by atoms with Crippen LogP contribution in [-0.2, 0) is 0 Å². The van der Waals surface area contributed by atoms with Gasteiger partial charge in [-0.05, 0) is 34.3 Å². The van der Waals surface area contributed by atoms with Crippen molar-refractivity contribution in [2.75, 3.05) is 0 Å². The summed E-state index contributed by atoms with van der Waals surface area (Å²) in [4.78, 5) is 13.9. The SMILES string of the molecule is c1cc(-c2nc(-c3ccsc3)nc(-c3ccsc3)n2)cs1. The third kappa shape index (κ3) is 2.53. The topological polar surface area (TPSA) is 38.7 Å². The minimum Gasteiger partial charge on any atom is -0.208 e. The summed E-state index contributed by atoms with van der Waals surface area (Å²) in [6.07, 6.45) is 0. The first-order valence-corrected chi connectivity index (χ1v) is 9.07. The number of thiophene rings is 3. The third-order valence-corrected chi connectivity index (χ3v) is 5.02. The Labute approximate surface area is 133 Å². The second-order valence-corrected chi connectivity index (χ2v) is 6.68. The summed E-state index contributed by atoms with van der Waals surface area (Å²) in [5.41, 5.74) is 3.11. The van der Waals surface area contributed by atoms with Crippen LogP contribution in [0.15, 0.2) is 50.5 Å². The third-order valence-electron chi connectivity index (χ3n) is 2.97. The normalized spacial score (nSPS) is 10.9. The minimum absolute atomic E-state index is 0.730. The van der Waals surface area contributed by atoms with Crippen LogP contribution in [0.4, 0.5) is 0 Å². The summed E-state index contributed by atoms with van der Waals surface area (Å²) in [5.74, 6) is 2.19. The van der Waals surface area contributed by atoms with Crippen molar-refractivity contribution in [3.05, 3.63) is 50.5 Å². The molecule has 0 aliphatic rings. The van der Waals surface area contributed by atoms with Gasteiger partial charge in [0.05, 0.1) is 0 Å². The molecule has 0 N–H and O–H groups in total. The predicted octanol–water partition coefficient (Wildman–Crippen LogP) is 5.06. The van der Waals surface area contributed by atoms with Gasteiger partial charge in [0.25, 0.3) is 0 Å². The van der Waals surface area contributed by atoms with E-state index >= 15 is 0 Å². The lowest BCUT2D eigenvalue weighted by Gasteiger charge is -2.04. The van der Waals surface area contributed by atoms with Gasteiger partial charge in [0.2, 0.25) is 0 Å². The van der Waals surface area contributed by atoms with Crippen molar-refractivity contribution in [3.8, 4) is 34.2 Å². The Morgan fingerprint density at radius 2 is 0.857 bits per heavy atom. The Hall–Kier alpha value is -1.89. The Morgan fingerprint density at radius 3 is 1.10 bits per heavy atom. The summed E-state index contributed by atoms with van der Waals surface area (Å²) in [6, 6.07) is 6.11. The number of aromatic nitrogens is 3. The van der Waals surface area contributed by atoms with Crippen molar-refractivity contribution in [2.24, 2.45) is 0 Å². The van der Waals surface area contributed by atoms with E-state index in [1.54, 1.807) is 34.0 Å². The molecule has 0 unspecified atom stereocenters. The van der Waals surface area contributed by atoms with Gasteiger partial charge in [-0.2, -0.15) is 34.0 Å². The van der Waals surface area contributed by atoms with Crippen molar-refractivity contribution in [2.45, 2.75) is 0 Å². The zero-order valence-corrected chi connectivity index (χ0v) is 13.2. The van der Waals surface area contributed by atoms with E-state index in [9.17, 15) is 0 Å². The summed E-state index contributed by atoms with van der Waals surface area (Å²) >= 11 is 4.93. The predicted molar refractivity (Wildman–Crippen MR) is 89.8 cm³/mol. The van der Waals surface area contributed by atoms with E-state index in [4.69, 9.17) is 0 Å². The largest absolute Gasteiger partial charge is 0.208 e. The zero-order valence-electron chi connectivity index (χ0n) is 10.8. The molecule has 0 radical (unpaired) electrons. The maximum atomic E-state index is 4.62. The highest BCUT2D eigenvalue weighted by atomic mass is 32.1. The van der Waals surface area contributed by atoms with Gasteiger partial charge < -0.3 is 0 Å². The zero-order chi connectivity index (χ0) is 14.1. The van der Waals surface area contributed by atoms with Crippen LogP contribution in [0.2, 0.25) is 0 Å². The van der Waals surface area contributed by atoms with E-state index in [1.165, 1.54) is 0 Å². The van der Waals surface area contributed by atoms with Crippen LogP contribution in [-0.4, -0.2) is 15.0 Å². The summed E-state index contributed by atoms with van der Waals surface area (Å²) in [5, 5.41) is 12.3. The monoisotopic (exact) mass is 327 g/mol. The molecule has 0 saturated carbocycles. The van der Waals surface area contributed by atoms with Crippen LogP contribution < -0.4 is 0 Å². The standard InChI is InChI=1S/C15H9N3S3/c1-4-19-7-10(1)13-16-14(11-2-5-20-8-11)18-15(17-13)12-3-6-21-9-12/h1-9H. The average Bonchev–Trinajstić information content (AvgIpc) is 3.29. The minimum atomic E-state index is 0.730. The number of rotatable bonds is 3. The summed E-state index contributed by atoms with van der Waals surface area (Å²) in [7, 11) is 0. The average molecular weight is 327 g/mol. The molecule has 0 amide bonds. The van der Waals surface area contributed by atoms with E-state index in [0.717, 1.165) is 34.2 Å². The van der Waals surface area contributed by atoms with Crippen molar-refractivity contribution in [1.29, 1.82) is 0 Å². The molecule has 6 heteroatoms. The summed E-state index contributed by atoms with van der Waals surface area (Å²) < 4.78 is 0. The van der Waals surface area contributed by atoms with Crippen molar-refractivity contribution < 1.29 is 0 Å². The second kappa shape index (κ2) is 5.48. The molecule has 0 spiro atoms. The van der Waals surface area contributed by atoms with Crippen LogP contribution in [0.3, 0.4) is 0 Å². The molecule has 102 valence electrons. The first kappa shape index (κ1) is 12.8. The van der Waals surface area contributed by atoms with Gasteiger partial charge >= 0.3 is 0 Å². The van der Waals surface area contributed by atoms with Gasteiger partial charge in [0, 0.05) is 32.8 Å². The molecule has 0 saturated heterocycles. The summed E-state index contributed by atoms with van der Waals surface area (Å²) in [6.45, 7) is 0. The molecule has 4 aromatic heterocycles. The van der Waals surface area contributed by atoms with Crippen LogP contribution >= 0.6 is 34.0 Å². The molecule has 0 aliphatic heterocycles. The molecule has 4 rings (SSSR count). The fraction of sp³-hybridized carbons (Fsp3) is 0.